The molecule has 18 heavy (non-hydrogen) atoms. The third kappa shape index (κ3) is 5.15. The van der Waals surface area contributed by atoms with Gasteiger partial charge in [0.25, 0.3) is 0 Å². The second-order valence-electron chi connectivity index (χ2n) is 4.68. The van der Waals surface area contributed by atoms with Gasteiger partial charge in [-0.15, -0.1) is 0 Å². The number of benzene rings is 1. The van der Waals surface area contributed by atoms with E-state index in [0.717, 1.165) is 29.9 Å². The van der Waals surface area contributed by atoms with Gasteiger partial charge in [-0.05, 0) is 38.1 Å². The molecule has 1 N–H and O–H groups in total. The van der Waals surface area contributed by atoms with Crippen molar-refractivity contribution in [2.75, 3.05) is 25.0 Å². The summed E-state index contributed by atoms with van der Waals surface area (Å²) in [6.45, 7) is 11.9. The lowest BCUT2D eigenvalue weighted by Crippen LogP contribution is -2.34. The number of rotatable bonds is 6. The van der Waals surface area contributed by atoms with Gasteiger partial charge in [0.1, 0.15) is 0 Å². The van der Waals surface area contributed by atoms with Crippen LogP contribution >= 0.6 is 0 Å². The molecule has 0 heterocycles. The van der Waals surface area contributed by atoms with E-state index in [2.05, 4.69) is 16.8 Å². The topological polar surface area (TPSA) is 32.3 Å². The van der Waals surface area contributed by atoms with Crippen molar-refractivity contribution >= 4 is 11.6 Å². The van der Waals surface area contributed by atoms with E-state index in [4.69, 9.17) is 0 Å². The molecule has 0 aliphatic heterocycles. The van der Waals surface area contributed by atoms with Crippen LogP contribution in [0.4, 0.5) is 5.69 Å². The Labute approximate surface area is 109 Å². The molecule has 0 radical (unpaired) electrons. The monoisotopic (exact) mass is 246 g/mol. The highest BCUT2D eigenvalue weighted by atomic mass is 16.2. The van der Waals surface area contributed by atoms with Gasteiger partial charge in [-0.2, -0.15) is 0 Å². The molecule has 0 aliphatic rings. The first kappa shape index (κ1) is 14.5. The van der Waals surface area contributed by atoms with E-state index in [1.165, 1.54) is 0 Å². The maximum Gasteiger partial charge on any atom is 0.238 e. The van der Waals surface area contributed by atoms with Crippen LogP contribution < -0.4 is 5.32 Å². The zero-order valence-corrected chi connectivity index (χ0v) is 11.5. The average molecular weight is 246 g/mol. The predicted octanol–water partition coefficient (Wildman–Crippen LogP) is 2.83. The SMILES string of the molecule is C=C(C)CN(CC)CC(=O)Nc1cccc(C)c1. The molecule has 0 bridgehead atoms. The summed E-state index contributed by atoms with van der Waals surface area (Å²) >= 11 is 0. The lowest BCUT2D eigenvalue weighted by Gasteiger charge is -2.19. The van der Waals surface area contributed by atoms with Crippen molar-refractivity contribution < 1.29 is 4.79 Å². The van der Waals surface area contributed by atoms with Crippen LogP contribution in [0.3, 0.4) is 0 Å². The van der Waals surface area contributed by atoms with Crippen LogP contribution in [0.2, 0.25) is 0 Å². The van der Waals surface area contributed by atoms with Gasteiger partial charge < -0.3 is 5.32 Å². The van der Waals surface area contributed by atoms with Crippen molar-refractivity contribution in [1.82, 2.24) is 4.90 Å². The Morgan fingerprint density at radius 2 is 2.11 bits per heavy atom. The van der Waals surface area contributed by atoms with Crippen LogP contribution in [0.25, 0.3) is 0 Å². The van der Waals surface area contributed by atoms with E-state index in [9.17, 15) is 4.79 Å². The number of likely N-dealkylation sites (N-methyl/N-ethyl adjacent to an activating group) is 1. The van der Waals surface area contributed by atoms with E-state index >= 15 is 0 Å². The first-order chi connectivity index (χ1) is 8.51. The molecule has 98 valence electrons. The van der Waals surface area contributed by atoms with Crippen molar-refractivity contribution in [3.63, 3.8) is 0 Å². The van der Waals surface area contributed by atoms with Crippen LogP contribution in [0.15, 0.2) is 36.4 Å². The minimum Gasteiger partial charge on any atom is -0.325 e. The van der Waals surface area contributed by atoms with Gasteiger partial charge in [-0.1, -0.05) is 31.2 Å². The van der Waals surface area contributed by atoms with Crippen LogP contribution in [-0.2, 0) is 4.79 Å². The lowest BCUT2D eigenvalue weighted by atomic mass is 10.2. The van der Waals surface area contributed by atoms with E-state index in [0.29, 0.717) is 6.54 Å². The van der Waals surface area contributed by atoms with Gasteiger partial charge in [-0.25, -0.2) is 0 Å². The van der Waals surface area contributed by atoms with Crippen LogP contribution in [0, 0.1) is 6.92 Å². The maximum absolute atomic E-state index is 11.9. The van der Waals surface area contributed by atoms with Crippen LogP contribution in [-0.4, -0.2) is 30.4 Å². The molecular weight excluding hydrogens is 224 g/mol. The quantitative estimate of drug-likeness (QED) is 0.783. The van der Waals surface area contributed by atoms with Crippen molar-refractivity contribution in [3.8, 4) is 0 Å². The molecule has 0 unspecified atom stereocenters. The zero-order valence-electron chi connectivity index (χ0n) is 11.5. The van der Waals surface area contributed by atoms with E-state index < -0.39 is 0 Å². The number of nitrogens with one attached hydrogen (secondary N) is 1. The number of anilines is 1. The smallest absolute Gasteiger partial charge is 0.238 e. The summed E-state index contributed by atoms with van der Waals surface area (Å²) in [6, 6.07) is 7.82. The second kappa shape index (κ2) is 6.97. The molecule has 0 atom stereocenters. The van der Waals surface area contributed by atoms with Gasteiger partial charge >= 0.3 is 0 Å². The highest BCUT2D eigenvalue weighted by Crippen LogP contribution is 2.09. The Kier molecular flexibility index (Phi) is 5.59. The fourth-order valence-electron chi connectivity index (χ4n) is 1.79. The highest BCUT2D eigenvalue weighted by molar-refractivity contribution is 5.92. The minimum absolute atomic E-state index is 0.0173. The van der Waals surface area contributed by atoms with E-state index in [-0.39, 0.29) is 5.91 Å². The molecule has 1 rings (SSSR count). The maximum atomic E-state index is 11.9. The van der Waals surface area contributed by atoms with Gasteiger partial charge in [0.05, 0.1) is 6.54 Å². The number of carbonyl (C=O) groups is 1. The first-order valence-electron chi connectivity index (χ1n) is 6.24. The number of nitrogens with zero attached hydrogens (tertiary/aromatic N) is 1. The average Bonchev–Trinajstić information content (AvgIpc) is 2.27. The molecule has 0 aliphatic carbocycles. The molecule has 0 spiro atoms. The second-order valence-corrected chi connectivity index (χ2v) is 4.68. The largest absolute Gasteiger partial charge is 0.325 e. The standard InChI is InChI=1S/C15H22N2O/c1-5-17(10-12(2)3)11-15(18)16-14-8-6-7-13(4)9-14/h6-9H,2,5,10-11H2,1,3-4H3,(H,16,18). The number of amides is 1. The van der Waals surface area contributed by atoms with Crippen molar-refractivity contribution in [3.05, 3.63) is 42.0 Å². The number of hydrogen-bond donors (Lipinski definition) is 1. The number of hydrogen-bond acceptors (Lipinski definition) is 2. The van der Waals surface area contributed by atoms with Gasteiger partial charge in [0.15, 0.2) is 0 Å². The fraction of sp³-hybridized carbons (Fsp3) is 0.400. The normalized spacial score (nSPS) is 10.4. The summed E-state index contributed by atoms with van der Waals surface area (Å²) in [6.07, 6.45) is 0. The first-order valence-corrected chi connectivity index (χ1v) is 6.24. The van der Waals surface area contributed by atoms with Gasteiger partial charge in [0.2, 0.25) is 5.91 Å². The molecule has 0 saturated carbocycles. The van der Waals surface area contributed by atoms with Crippen molar-refractivity contribution in [2.24, 2.45) is 0 Å². The molecular formula is C15H22N2O. The predicted molar refractivity (Wildman–Crippen MR) is 76.7 cm³/mol. The van der Waals surface area contributed by atoms with Crippen LogP contribution in [0.5, 0.6) is 0 Å². The third-order valence-electron chi connectivity index (χ3n) is 2.61. The number of aryl methyl sites for hydroxylation is 1. The summed E-state index contributed by atoms with van der Waals surface area (Å²) in [7, 11) is 0. The molecule has 0 fully saturated rings. The molecule has 1 aromatic carbocycles. The Balaban J connectivity index is 2.52. The summed E-state index contributed by atoms with van der Waals surface area (Å²) < 4.78 is 0. The fourth-order valence-corrected chi connectivity index (χ4v) is 1.79. The summed E-state index contributed by atoms with van der Waals surface area (Å²) in [5.74, 6) is 0.0173. The van der Waals surface area contributed by atoms with Crippen molar-refractivity contribution in [2.45, 2.75) is 20.8 Å². The molecule has 1 amide bonds. The molecule has 3 nitrogen and oxygen atoms in total. The molecule has 1 aromatic rings. The van der Waals surface area contributed by atoms with Gasteiger partial charge in [0, 0.05) is 12.2 Å². The number of carbonyl (C=O) groups excluding carboxylic acids is 1. The highest BCUT2D eigenvalue weighted by Gasteiger charge is 2.09. The summed E-state index contributed by atoms with van der Waals surface area (Å²) in [5.41, 5.74) is 3.06. The third-order valence-corrected chi connectivity index (χ3v) is 2.61. The van der Waals surface area contributed by atoms with Crippen LogP contribution in [0.1, 0.15) is 19.4 Å². The Morgan fingerprint density at radius 1 is 1.39 bits per heavy atom. The van der Waals surface area contributed by atoms with Crippen molar-refractivity contribution in [1.29, 1.82) is 0 Å². The van der Waals surface area contributed by atoms with E-state index in [1.54, 1.807) is 0 Å². The zero-order chi connectivity index (χ0) is 13.5. The Bertz CT molecular complexity index is 426. The molecule has 3 heteroatoms. The van der Waals surface area contributed by atoms with E-state index in [1.807, 2.05) is 45.0 Å². The Hall–Kier alpha value is -1.61. The minimum atomic E-state index is 0.0173. The molecule has 0 aromatic heterocycles. The van der Waals surface area contributed by atoms with Gasteiger partial charge in [-0.3, -0.25) is 9.69 Å². The summed E-state index contributed by atoms with van der Waals surface area (Å²) in [5, 5.41) is 2.91. The lowest BCUT2D eigenvalue weighted by molar-refractivity contribution is -0.117. The summed E-state index contributed by atoms with van der Waals surface area (Å²) in [4.78, 5) is 14.0. The molecule has 0 saturated heterocycles. The Morgan fingerprint density at radius 3 is 2.67 bits per heavy atom.